The Labute approximate surface area is 152 Å². The van der Waals surface area contributed by atoms with Gasteiger partial charge in [0.1, 0.15) is 11.6 Å². The Bertz CT molecular complexity index is 775. The molecule has 6 heteroatoms. The van der Waals surface area contributed by atoms with E-state index < -0.39 is 5.97 Å². The summed E-state index contributed by atoms with van der Waals surface area (Å²) in [5.74, 6) is -0.809. The highest BCUT2D eigenvalue weighted by Gasteiger charge is 2.15. The van der Waals surface area contributed by atoms with Gasteiger partial charge >= 0.3 is 5.97 Å². The van der Waals surface area contributed by atoms with Crippen LogP contribution in [0.4, 0.5) is 0 Å². The number of nitrogens with zero attached hydrogens (tertiary/aromatic N) is 1. The zero-order valence-corrected chi connectivity index (χ0v) is 15.6. The minimum absolute atomic E-state index is 0.167. The van der Waals surface area contributed by atoms with E-state index in [-0.39, 0.29) is 18.6 Å². The fraction of sp³-hybridized carbons (Fsp3) is 0.316. The van der Waals surface area contributed by atoms with Crippen LogP contribution in [-0.4, -0.2) is 29.5 Å². The first-order valence-corrected chi connectivity index (χ1v) is 8.86. The molecule has 0 unspecified atom stereocenters. The second-order valence-corrected chi connectivity index (χ2v) is 6.99. The number of esters is 1. The molecule has 0 bridgehead atoms. The molecule has 2 aromatic rings. The third kappa shape index (κ3) is 5.60. The van der Waals surface area contributed by atoms with Crippen LogP contribution in [0.1, 0.15) is 35.3 Å². The lowest BCUT2D eigenvalue weighted by Gasteiger charge is -2.11. The van der Waals surface area contributed by atoms with Crippen molar-refractivity contribution in [2.75, 3.05) is 6.54 Å². The van der Waals surface area contributed by atoms with Crippen molar-refractivity contribution in [1.82, 2.24) is 10.3 Å². The van der Waals surface area contributed by atoms with Crippen molar-refractivity contribution in [2.45, 2.75) is 43.7 Å². The molecule has 0 aliphatic carbocycles. The van der Waals surface area contributed by atoms with Crippen molar-refractivity contribution in [3.8, 4) is 0 Å². The average Bonchev–Trinajstić information content (AvgIpc) is 2.56. The van der Waals surface area contributed by atoms with E-state index >= 15 is 0 Å². The van der Waals surface area contributed by atoms with Gasteiger partial charge in [-0.25, -0.2) is 4.98 Å². The van der Waals surface area contributed by atoms with Crippen molar-refractivity contribution in [3.63, 3.8) is 0 Å². The molecule has 0 radical (unpaired) electrons. The van der Waals surface area contributed by atoms with E-state index in [9.17, 15) is 9.59 Å². The molecule has 1 aromatic heterocycles. The summed E-state index contributed by atoms with van der Waals surface area (Å²) in [6.07, 6.45) is 1.44. The van der Waals surface area contributed by atoms with Crippen LogP contribution in [0.5, 0.6) is 0 Å². The third-order valence-corrected chi connectivity index (χ3v) is 4.48. The Balaban J connectivity index is 2.10. The molecule has 25 heavy (non-hydrogen) atoms. The van der Waals surface area contributed by atoms with Gasteiger partial charge in [-0.3, -0.25) is 9.59 Å². The number of aromatic nitrogens is 1. The number of hydrogen-bond donors (Lipinski definition) is 1. The number of carbonyl (C=O) groups excluding carboxylic acids is 2. The summed E-state index contributed by atoms with van der Waals surface area (Å²) in [6, 6.07) is 9.51. The summed E-state index contributed by atoms with van der Waals surface area (Å²) >= 11 is 1.42. The maximum absolute atomic E-state index is 12.4. The number of amides is 1. The molecule has 0 atom stereocenters. The first-order valence-electron chi connectivity index (χ1n) is 8.04. The van der Waals surface area contributed by atoms with E-state index in [1.807, 2.05) is 19.1 Å². The van der Waals surface area contributed by atoms with Crippen LogP contribution in [0.15, 0.2) is 46.5 Å². The van der Waals surface area contributed by atoms with Gasteiger partial charge < -0.3 is 10.1 Å². The van der Waals surface area contributed by atoms with Gasteiger partial charge in [-0.15, -0.1) is 0 Å². The van der Waals surface area contributed by atoms with Gasteiger partial charge in [-0.1, -0.05) is 17.8 Å². The van der Waals surface area contributed by atoms with Gasteiger partial charge in [0.25, 0.3) is 5.91 Å². The third-order valence-electron chi connectivity index (χ3n) is 3.47. The average molecular weight is 358 g/mol. The molecular formula is C19H22N2O3S. The number of hydrogen-bond acceptors (Lipinski definition) is 5. The maximum atomic E-state index is 12.4. The molecule has 1 aromatic carbocycles. The van der Waals surface area contributed by atoms with Gasteiger partial charge in [-0.2, -0.15) is 0 Å². The van der Waals surface area contributed by atoms with Crippen molar-refractivity contribution < 1.29 is 14.3 Å². The highest BCUT2D eigenvalue weighted by molar-refractivity contribution is 7.99. The normalized spacial score (nSPS) is 10.6. The number of ether oxygens (including phenoxy) is 1. The minimum Gasteiger partial charge on any atom is -0.462 e. The molecule has 0 aliphatic rings. The first-order chi connectivity index (χ1) is 11.9. The molecule has 0 saturated heterocycles. The van der Waals surface area contributed by atoms with Crippen LogP contribution in [0.3, 0.4) is 0 Å². The molecule has 1 N–H and O–H groups in total. The van der Waals surface area contributed by atoms with E-state index in [2.05, 4.69) is 23.3 Å². The summed E-state index contributed by atoms with van der Waals surface area (Å²) in [7, 11) is 0. The Hall–Kier alpha value is -2.34. The molecule has 0 spiro atoms. The number of benzene rings is 1. The van der Waals surface area contributed by atoms with Crippen LogP contribution in [-0.2, 0) is 9.53 Å². The summed E-state index contributed by atoms with van der Waals surface area (Å²) in [6.45, 7) is 7.46. The predicted octanol–water partition coefficient (Wildman–Crippen LogP) is 3.53. The summed E-state index contributed by atoms with van der Waals surface area (Å²) in [4.78, 5) is 29.3. The lowest BCUT2D eigenvalue weighted by molar-refractivity contribution is -0.146. The molecule has 1 heterocycles. The Morgan fingerprint density at radius 3 is 2.64 bits per heavy atom. The number of carbonyl (C=O) groups is 2. The van der Waals surface area contributed by atoms with Crippen LogP contribution < -0.4 is 5.32 Å². The van der Waals surface area contributed by atoms with Gasteiger partial charge in [0.2, 0.25) is 0 Å². The smallest absolute Gasteiger partial charge is 0.325 e. The second kappa shape index (κ2) is 8.67. The van der Waals surface area contributed by atoms with Gasteiger partial charge in [0.15, 0.2) is 0 Å². The minimum atomic E-state index is -0.462. The number of nitrogens with one attached hydrogen (secondary N) is 1. The van der Waals surface area contributed by atoms with Crippen LogP contribution >= 0.6 is 11.8 Å². The molecule has 2 rings (SSSR count). The molecule has 0 fully saturated rings. The SMILES string of the molecule is Cc1ccc(Sc2ncccc2C(=O)NCC(=O)OC(C)C)cc1C. The maximum Gasteiger partial charge on any atom is 0.325 e. The number of rotatable bonds is 6. The summed E-state index contributed by atoms with van der Waals surface area (Å²) in [5, 5.41) is 3.18. The zero-order chi connectivity index (χ0) is 18.4. The van der Waals surface area contributed by atoms with Gasteiger partial charge in [0, 0.05) is 11.1 Å². The topological polar surface area (TPSA) is 68.3 Å². The predicted molar refractivity (Wildman–Crippen MR) is 97.8 cm³/mol. The van der Waals surface area contributed by atoms with E-state index in [0.29, 0.717) is 10.6 Å². The standard InChI is InChI=1S/C19H22N2O3S/c1-12(2)24-17(22)11-21-18(23)16-6-5-9-20-19(16)25-15-8-7-13(3)14(4)10-15/h5-10,12H,11H2,1-4H3,(H,21,23). The zero-order valence-electron chi connectivity index (χ0n) is 14.8. The quantitative estimate of drug-likeness (QED) is 0.800. The Morgan fingerprint density at radius 2 is 1.96 bits per heavy atom. The van der Waals surface area contributed by atoms with Crippen molar-refractivity contribution >= 4 is 23.6 Å². The molecule has 0 saturated carbocycles. The van der Waals surface area contributed by atoms with E-state index in [1.165, 1.54) is 22.9 Å². The van der Waals surface area contributed by atoms with E-state index in [0.717, 1.165) is 4.90 Å². The van der Waals surface area contributed by atoms with Crippen molar-refractivity contribution in [2.24, 2.45) is 0 Å². The van der Waals surface area contributed by atoms with E-state index in [4.69, 9.17) is 4.74 Å². The largest absolute Gasteiger partial charge is 0.462 e. The second-order valence-electron chi connectivity index (χ2n) is 5.93. The molecular weight excluding hydrogens is 336 g/mol. The van der Waals surface area contributed by atoms with Crippen LogP contribution in [0, 0.1) is 13.8 Å². The lowest BCUT2D eigenvalue weighted by Crippen LogP contribution is -2.32. The monoisotopic (exact) mass is 358 g/mol. The Kier molecular flexibility index (Phi) is 6.58. The molecule has 1 amide bonds. The first kappa shape index (κ1) is 19.0. The van der Waals surface area contributed by atoms with Crippen molar-refractivity contribution in [1.29, 1.82) is 0 Å². The number of pyridine rings is 1. The molecule has 5 nitrogen and oxygen atoms in total. The fourth-order valence-corrected chi connectivity index (χ4v) is 3.07. The summed E-state index contributed by atoms with van der Waals surface area (Å²) < 4.78 is 5.01. The highest BCUT2D eigenvalue weighted by Crippen LogP contribution is 2.29. The summed E-state index contributed by atoms with van der Waals surface area (Å²) in [5.41, 5.74) is 2.83. The molecule has 0 aliphatic heterocycles. The lowest BCUT2D eigenvalue weighted by atomic mass is 10.1. The highest BCUT2D eigenvalue weighted by atomic mass is 32.2. The van der Waals surface area contributed by atoms with Gasteiger partial charge in [0.05, 0.1) is 11.7 Å². The van der Waals surface area contributed by atoms with E-state index in [1.54, 1.807) is 32.2 Å². The Morgan fingerprint density at radius 1 is 1.20 bits per heavy atom. The van der Waals surface area contributed by atoms with Crippen LogP contribution in [0.25, 0.3) is 0 Å². The molecule has 132 valence electrons. The van der Waals surface area contributed by atoms with Crippen molar-refractivity contribution in [3.05, 3.63) is 53.2 Å². The fourth-order valence-electron chi connectivity index (χ4n) is 2.09. The number of aryl methyl sites for hydroxylation is 2. The van der Waals surface area contributed by atoms with Gasteiger partial charge in [-0.05, 0) is 63.1 Å². The van der Waals surface area contributed by atoms with Crippen LogP contribution in [0.2, 0.25) is 0 Å².